The van der Waals surface area contributed by atoms with E-state index in [-0.39, 0.29) is 41.8 Å². The van der Waals surface area contributed by atoms with Gasteiger partial charge in [0.2, 0.25) is 0 Å². The van der Waals surface area contributed by atoms with Crippen LogP contribution in [-0.4, -0.2) is 68.5 Å². The van der Waals surface area contributed by atoms with E-state index >= 15 is 4.39 Å². The molecule has 214 valence electrons. The maximum Gasteiger partial charge on any atom is 0.417 e. The molecule has 2 atom stereocenters. The third kappa shape index (κ3) is 6.67. The minimum atomic E-state index is -4.70. The first-order chi connectivity index (χ1) is 18.8. The predicted octanol–water partition coefficient (Wildman–Crippen LogP) is 5.48. The molecule has 3 heterocycles. The number of nitrogens with zero attached hydrogens (tertiary/aromatic N) is 4. The Morgan fingerprint density at radius 3 is 2.70 bits per heavy atom. The molecule has 2 N–H and O–H groups in total. The van der Waals surface area contributed by atoms with Crippen LogP contribution in [0.3, 0.4) is 0 Å². The number of pyridine rings is 1. The molecule has 1 amide bonds. The molecule has 3 aromatic rings. The zero-order chi connectivity index (χ0) is 29.2. The van der Waals surface area contributed by atoms with Crippen molar-refractivity contribution in [3.8, 4) is 0 Å². The Labute approximate surface area is 235 Å². The van der Waals surface area contributed by atoms with Crippen molar-refractivity contribution in [1.82, 2.24) is 25.0 Å². The van der Waals surface area contributed by atoms with Crippen LogP contribution in [0, 0.1) is 0 Å². The van der Waals surface area contributed by atoms with Crippen LogP contribution in [-0.2, 0) is 7.05 Å². The molecule has 0 spiro atoms. The van der Waals surface area contributed by atoms with E-state index in [0.717, 1.165) is 0 Å². The van der Waals surface area contributed by atoms with Crippen LogP contribution >= 0.6 is 12.6 Å². The lowest BCUT2D eigenvalue weighted by atomic mass is 9.98. The summed E-state index contributed by atoms with van der Waals surface area (Å²) >= 11 is 4.31. The van der Waals surface area contributed by atoms with E-state index in [9.17, 15) is 18.0 Å². The molecule has 1 fully saturated rings. The van der Waals surface area contributed by atoms with Crippen LogP contribution in [0.5, 0.6) is 0 Å². The smallest absolute Gasteiger partial charge is 0.378 e. The molecule has 40 heavy (non-hydrogen) atoms. The van der Waals surface area contributed by atoms with Gasteiger partial charge in [0.15, 0.2) is 5.00 Å². The molecule has 0 saturated carbocycles. The number of allylic oxidation sites excluding steroid dienone is 1. The van der Waals surface area contributed by atoms with Crippen LogP contribution in [0.4, 0.5) is 23.2 Å². The fourth-order valence-corrected chi connectivity index (χ4v) is 5.02. The van der Waals surface area contributed by atoms with Crippen molar-refractivity contribution in [3.63, 3.8) is 0 Å². The number of halogens is 4. The highest BCUT2D eigenvalue weighted by atomic mass is 32.1. The summed E-state index contributed by atoms with van der Waals surface area (Å²) in [5.74, 6) is -0.341. The Kier molecular flexibility index (Phi) is 8.60. The molecule has 1 aliphatic rings. The quantitative estimate of drug-likeness (QED) is 0.245. The van der Waals surface area contributed by atoms with Crippen molar-refractivity contribution in [3.05, 3.63) is 66.3 Å². The number of anilines is 1. The number of carbonyl (C=O) groups is 1. The molecule has 0 radical (unpaired) electrons. The second kappa shape index (κ2) is 11.6. The fourth-order valence-electron chi connectivity index (χ4n) is 4.65. The summed E-state index contributed by atoms with van der Waals surface area (Å²) < 4.78 is 58.3. The van der Waals surface area contributed by atoms with Gasteiger partial charge < -0.3 is 10.6 Å². The second-order valence-corrected chi connectivity index (χ2v) is 10.9. The summed E-state index contributed by atoms with van der Waals surface area (Å²) in [5, 5.41) is 8.66. The van der Waals surface area contributed by atoms with Crippen LogP contribution in [0.15, 0.2) is 49.3 Å². The zero-order valence-corrected chi connectivity index (χ0v) is 23.4. The van der Waals surface area contributed by atoms with E-state index < -0.39 is 22.8 Å². The Balaban J connectivity index is 1.64. The molecule has 4 rings (SSSR count). The van der Waals surface area contributed by atoms with Crippen molar-refractivity contribution >= 4 is 46.6 Å². The van der Waals surface area contributed by atoms with E-state index in [0.29, 0.717) is 29.6 Å². The van der Waals surface area contributed by atoms with Gasteiger partial charge in [-0.15, -0.1) is 12.6 Å². The molecule has 7 nitrogen and oxygen atoms in total. The number of aryl methyl sites for hydroxylation is 1. The minimum Gasteiger partial charge on any atom is -0.378 e. The van der Waals surface area contributed by atoms with Gasteiger partial charge in [0.25, 0.3) is 5.91 Å². The van der Waals surface area contributed by atoms with Crippen LogP contribution in [0.25, 0.3) is 22.4 Å². The zero-order valence-electron chi connectivity index (χ0n) is 22.5. The Hall–Kier alpha value is -3.38. The SMILES string of the molecule is C=C(c1nc(/C=C/CNC(=O)c2cnn(C)c2)cc2c(N[C@@H]3CCN(C(C)C)CC3(F)S)cccc12)C(F)(F)F. The summed E-state index contributed by atoms with van der Waals surface area (Å²) in [5.41, 5.74) is -0.333. The Bertz CT molecular complexity index is 1430. The molecule has 0 bridgehead atoms. The van der Waals surface area contributed by atoms with Gasteiger partial charge >= 0.3 is 6.18 Å². The summed E-state index contributed by atoms with van der Waals surface area (Å²) in [4.78, 5) is 18.5. The topological polar surface area (TPSA) is 75.1 Å². The Morgan fingerprint density at radius 1 is 1.32 bits per heavy atom. The number of rotatable bonds is 8. The van der Waals surface area contributed by atoms with Gasteiger partial charge in [-0.25, -0.2) is 9.37 Å². The van der Waals surface area contributed by atoms with E-state index in [1.165, 1.54) is 23.0 Å². The number of piperidine rings is 1. The van der Waals surface area contributed by atoms with Crippen LogP contribution in [0.1, 0.15) is 42.0 Å². The molecule has 1 unspecified atom stereocenters. The maximum absolute atomic E-state index is 15.6. The monoisotopic (exact) mass is 576 g/mol. The minimum absolute atomic E-state index is 0.112. The number of nitrogens with one attached hydrogen (secondary N) is 2. The number of alkyl halides is 4. The summed E-state index contributed by atoms with van der Waals surface area (Å²) in [6.07, 6.45) is 1.86. The van der Waals surface area contributed by atoms with Crippen molar-refractivity contribution in [2.75, 3.05) is 25.0 Å². The Morgan fingerprint density at radius 2 is 2.08 bits per heavy atom. The number of amides is 1. The molecule has 1 aromatic carbocycles. The van der Waals surface area contributed by atoms with Crippen molar-refractivity contribution in [2.24, 2.45) is 7.05 Å². The number of likely N-dealkylation sites (tertiary alicyclic amines) is 1. The third-order valence-corrected chi connectivity index (χ3v) is 7.34. The number of hydrogen-bond donors (Lipinski definition) is 3. The molecule has 2 aromatic heterocycles. The van der Waals surface area contributed by atoms with Gasteiger partial charge in [0.05, 0.1) is 34.8 Å². The first-order valence-corrected chi connectivity index (χ1v) is 13.3. The predicted molar refractivity (Wildman–Crippen MR) is 153 cm³/mol. The summed E-state index contributed by atoms with van der Waals surface area (Å²) in [6, 6.07) is 5.96. The number of thiol groups is 1. The second-order valence-electron chi connectivity index (χ2n) is 10.2. The van der Waals surface area contributed by atoms with Gasteiger partial charge in [-0.1, -0.05) is 24.8 Å². The lowest BCUT2D eigenvalue weighted by Crippen LogP contribution is -2.55. The standard InChI is InChI=1S/C28H32F4N6OS/c1-17(2)38-12-10-24(27(29,40)16-38)36-23-9-5-8-21-22(23)13-20(35-25(21)18(3)28(30,31)32)7-6-11-33-26(39)19-14-34-37(4)15-19/h5-9,13-15,17,24,36,40H,3,10-12,16H2,1-2,4H3,(H,33,39)/b7-6+/t24-,27?/m1/s1. The van der Waals surface area contributed by atoms with E-state index in [4.69, 9.17) is 0 Å². The summed E-state index contributed by atoms with van der Waals surface area (Å²) in [6.45, 7) is 8.13. The molecular weight excluding hydrogens is 544 g/mol. The highest BCUT2D eigenvalue weighted by Crippen LogP contribution is 2.39. The average molecular weight is 577 g/mol. The normalized spacial score (nSPS) is 20.4. The van der Waals surface area contributed by atoms with Crippen LogP contribution < -0.4 is 10.6 Å². The largest absolute Gasteiger partial charge is 0.417 e. The van der Waals surface area contributed by atoms with E-state index in [1.54, 1.807) is 37.5 Å². The first kappa shape index (κ1) is 29.6. The molecule has 1 saturated heterocycles. The highest BCUT2D eigenvalue weighted by Gasteiger charge is 2.42. The van der Waals surface area contributed by atoms with Gasteiger partial charge in [0, 0.05) is 55.4 Å². The van der Waals surface area contributed by atoms with Gasteiger partial charge in [-0.3, -0.25) is 14.4 Å². The van der Waals surface area contributed by atoms with Crippen LogP contribution in [0.2, 0.25) is 0 Å². The lowest BCUT2D eigenvalue weighted by Gasteiger charge is -2.42. The number of benzene rings is 1. The molecule has 0 aliphatic carbocycles. The molecule has 12 heteroatoms. The number of hydrogen-bond acceptors (Lipinski definition) is 6. The highest BCUT2D eigenvalue weighted by molar-refractivity contribution is 7.81. The number of carbonyl (C=O) groups excluding carboxylic acids is 1. The molecule has 1 aliphatic heterocycles. The van der Waals surface area contributed by atoms with Gasteiger partial charge in [0.1, 0.15) is 0 Å². The van der Waals surface area contributed by atoms with Crippen molar-refractivity contribution in [1.29, 1.82) is 0 Å². The number of aromatic nitrogens is 3. The molecular formula is C28H32F4N6OS. The van der Waals surface area contributed by atoms with Crippen molar-refractivity contribution < 1.29 is 22.4 Å². The lowest BCUT2D eigenvalue weighted by molar-refractivity contribution is -0.0688. The fraction of sp³-hybridized carbons (Fsp3) is 0.393. The third-order valence-electron chi connectivity index (χ3n) is 6.88. The maximum atomic E-state index is 15.6. The first-order valence-electron chi connectivity index (χ1n) is 12.8. The summed E-state index contributed by atoms with van der Waals surface area (Å²) in [7, 11) is 1.69. The average Bonchev–Trinajstić information content (AvgIpc) is 3.32. The van der Waals surface area contributed by atoms with Gasteiger partial charge in [-0.05, 0) is 38.5 Å². The van der Waals surface area contributed by atoms with Crippen molar-refractivity contribution in [2.45, 2.75) is 43.5 Å². The van der Waals surface area contributed by atoms with Gasteiger partial charge in [-0.2, -0.15) is 18.3 Å². The van der Waals surface area contributed by atoms with E-state index in [2.05, 4.69) is 39.9 Å². The van der Waals surface area contributed by atoms with E-state index in [1.807, 2.05) is 18.7 Å². The number of fused-ring (bicyclic) bond motifs is 1.